The van der Waals surface area contributed by atoms with Crippen molar-refractivity contribution >= 4 is 11.6 Å². The zero-order chi connectivity index (χ0) is 14.8. The first-order valence-electron chi connectivity index (χ1n) is 7.88. The molecule has 0 spiro atoms. The van der Waals surface area contributed by atoms with Crippen LogP contribution in [0, 0.1) is 11.3 Å². The number of hydrogen-bond acceptors (Lipinski definition) is 2. The lowest BCUT2D eigenvalue weighted by Crippen LogP contribution is -2.40. The van der Waals surface area contributed by atoms with Gasteiger partial charge in [-0.3, -0.25) is 4.68 Å². The molecule has 2 atom stereocenters. The Kier molecular flexibility index (Phi) is 5.14. The normalized spacial score (nSPS) is 23.8. The fourth-order valence-electron chi connectivity index (χ4n) is 3.64. The Bertz CT molecular complexity index is 419. The summed E-state index contributed by atoms with van der Waals surface area (Å²) in [5.74, 6) is 0.621. The second-order valence-electron chi connectivity index (χ2n) is 6.77. The summed E-state index contributed by atoms with van der Waals surface area (Å²) in [4.78, 5) is 0. The first kappa shape index (κ1) is 15.8. The number of aromatic nitrogens is 2. The molecule has 0 amide bonds. The van der Waals surface area contributed by atoms with Crippen LogP contribution in [-0.4, -0.2) is 16.3 Å². The molecular weight excluding hydrogens is 270 g/mol. The number of nitrogens with one attached hydrogen (secondary N) is 1. The maximum absolute atomic E-state index is 6.41. The van der Waals surface area contributed by atoms with Gasteiger partial charge in [0.15, 0.2) is 0 Å². The molecule has 1 aromatic heterocycles. The van der Waals surface area contributed by atoms with Crippen LogP contribution in [0.4, 0.5) is 0 Å². The van der Waals surface area contributed by atoms with Crippen molar-refractivity contribution in [2.75, 3.05) is 6.54 Å². The van der Waals surface area contributed by atoms with Crippen LogP contribution in [0.15, 0.2) is 6.20 Å². The van der Waals surface area contributed by atoms with E-state index in [1.54, 1.807) is 6.20 Å². The maximum atomic E-state index is 6.41. The third kappa shape index (κ3) is 3.20. The molecule has 0 aromatic carbocycles. The van der Waals surface area contributed by atoms with E-state index in [1.807, 2.05) is 11.7 Å². The van der Waals surface area contributed by atoms with Crippen LogP contribution in [0.1, 0.15) is 64.6 Å². The van der Waals surface area contributed by atoms with E-state index >= 15 is 0 Å². The molecular formula is C16H28ClN3. The van der Waals surface area contributed by atoms with E-state index in [2.05, 4.69) is 31.2 Å². The smallest absolute Gasteiger partial charge is 0.0834 e. The van der Waals surface area contributed by atoms with Crippen molar-refractivity contribution in [2.45, 2.75) is 58.9 Å². The summed E-state index contributed by atoms with van der Waals surface area (Å²) in [6.45, 7) is 8.04. The first-order valence-corrected chi connectivity index (χ1v) is 8.26. The van der Waals surface area contributed by atoms with Crippen molar-refractivity contribution < 1.29 is 0 Å². The van der Waals surface area contributed by atoms with Crippen molar-refractivity contribution in [3.8, 4) is 0 Å². The van der Waals surface area contributed by atoms with Gasteiger partial charge in [-0.1, -0.05) is 45.2 Å². The summed E-state index contributed by atoms with van der Waals surface area (Å²) in [5.41, 5.74) is 1.51. The van der Waals surface area contributed by atoms with Crippen LogP contribution < -0.4 is 5.32 Å². The van der Waals surface area contributed by atoms with Crippen molar-refractivity contribution in [3.05, 3.63) is 16.9 Å². The topological polar surface area (TPSA) is 29.9 Å². The third-order valence-electron chi connectivity index (χ3n) is 4.84. The van der Waals surface area contributed by atoms with Crippen LogP contribution in [0.3, 0.4) is 0 Å². The van der Waals surface area contributed by atoms with Crippen LogP contribution in [-0.2, 0) is 7.05 Å². The average Bonchev–Trinajstić information content (AvgIpc) is 2.72. The zero-order valence-corrected chi connectivity index (χ0v) is 14.0. The Morgan fingerprint density at radius 1 is 1.50 bits per heavy atom. The van der Waals surface area contributed by atoms with Gasteiger partial charge in [-0.25, -0.2) is 0 Å². The maximum Gasteiger partial charge on any atom is 0.0834 e. The highest BCUT2D eigenvalue weighted by molar-refractivity contribution is 6.31. The highest BCUT2D eigenvalue weighted by Gasteiger charge is 2.39. The molecule has 1 aliphatic carbocycles. The average molecular weight is 298 g/mol. The van der Waals surface area contributed by atoms with Crippen molar-refractivity contribution in [1.29, 1.82) is 0 Å². The first-order chi connectivity index (χ1) is 9.47. The fraction of sp³-hybridized carbons (Fsp3) is 0.812. The van der Waals surface area contributed by atoms with E-state index in [4.69, 9.17) is 11.6 Å². The second kappa shape index (κ2) is 6.48. The Balaban J connectivity index is 2.32. The molecule has 1 aromatic rings. The monoisotopic (exact) mass is 297 g/mol. The molecule has 114 valence electrons. The lowest BCUT2D eigenvalue weighted by molar-refractivity contribution is 0.0951. The van der Waals surface area contributed by atoms with Gasteiger partial charge in [0.2, 0.25) is 0 Å². The molecule has 1 heterocycles. The van der Waals surface area contributed by atoms with E-state index < -0.39 is 0 Å². The molecule has 2 rings (SSSR count). The van der Waals surface area contributed by atoms with Gasteiger partial charge in [0.1, 0.15) is 0 Å². The van der Waals surface area contributed by atoms with Gasteiger partial charge < -0.3 is 5.32 Å². The van der Waals surface area contributed by atoms with Crippen LogP contribution >= 0.6 is 11.6 Å². The summed E-state index contributed by atoms with van der Waals surface area (Å²) in [5, 5.41) is 8.86. The largest absolute Gasteiger partial charge is 0.308 e. The minimum Gasteiger partial charge on any atom is -0.308 e. The van der Waals surface area contributed by atoms with Gasteiger partial charge in [-0.05, 0) is 37.1 Å². The van der Waals surface area contributed by atoms with E-state index in [-0.39, 0.29) is 0 Å². The van der Waals surface area contributed by atoms with E-state index in [0.29, 0.717) is 17.4 Å². The molecule has 2 unspecified atom stereocenters. The van der Waals surface area contributed by atoms with Gasteiger partial charge in [-0.2, -0.15) is 5.10 Å². The summed E-state index contributed by atoms with van der Waals surface area (Å²) in [6, 6.07) is 0.310. The van der Waals surface area contributed by atoms with Crippen molar-refractivity contribution in [1.82, 2.24) is 15.1 Å². The number of hydrogen-bond donors (Lipinski definition) is 1. The predicted molar refractivity (Wildman–Crippen MR) is 85.0 cm³/mol. The Morgan fingerprint density at radius 2 is 2.25 bits per heavy atom. The van der Waals surface area contributed by atoms with E-state index in [0.717, 1.165) is 23.7 Å². The minimum atomic E-state index is 0.310. The van der Waals surface area contributed by atoms with Crippen LogP contribution in [0.2, 0.25) is 5.02 Å². The summed E-state index contributed by atoms with van der Waals surface area (Å²) in [6.07, 6.45) is 8.16. The SMILES string of the molecule is CCCNC(c1c(Cl)cnn1C)C1CCCCC1(C)C. The highest BCUT2D eigenvalue weighted by atomic mass is 35.5. The molecule has 0 bridgehead atoms. The quantitative estimate of drug-likeness (QED) is 0.876. The summed E-state index contributed by atoms with van der Waals surface area (Å²) < 4.78 is 1.94. The van der Waals surface area contributed by atoms with E-state index in [1.165, 1.54) is 25.7 Å². The predicted octanol–water partition coefficient (Wildman–Crippen LogP) is 4.33. The molecule has 20 heavy (non-hydrogen) atoms. The highest BCUT2D eigenvalue weighted by Crippen LogP contribution is 2.47. The molecule has 1 fully saturated rings. The van der Waals surface area contributed by atoms with Crippen LogP contribution in [0.5, 0.6) is 0 Å². The van der Waals surface area contributed by atoms with Gasteiger partial charge in [-0.15, -0.1) is 0 Å². The Hall–Kier alpha value is -0.540. The lowest BCUT2D eigenvalue weighted by atomic mass is 9.65. The van der Waals surface area contributed by atoms with Gasteiger partial charge in [0.05, 0.1) is 23.0 Å². The molecule has 0 aliphatic heterocycles. The summed E-state index contributed by atoms with van der Waals surface area (Å²) >= 11 is 6.41. The molecule has 0 saturated heterocycles. The number of rotatable bonds is 5. The molecule has 1 saturated carbocycles. The van der Waals surface area contributed by atoms with E-state index in [9.17, 15) is 0 Å². The third-order valence-corrected chi connectivity index (χ3v) is 5.13. The standard InChI is InChI=1S/C16H28ClN3/c1-5-10-18-14(15-13(17)11-19-20(15)4)12-8-6-7-9-16(12,2)3/h11-12,14,18H,5-10H2,1-4H3. The number of halogens is 1. The van der Waals surface area contributed by atoms with Crippen LogP contribution in [0.25, 0.3) is 0 Å². The zero-order valence-electron chi connectivity index (χ0n) is 13.2. The second-order valence-corrected chi connectivity index (χ2v) is 7.18. The molecule has 3 nitrogen and oxygen atoms in total. The molecule has 1 aliphatic rings. The fourth-order valence-corrected chi connectivity index (χ4v) is 3.92. The minimum absolute atomic E-state index is 0.310. The van der Waals surface area contributed by atoms with Gasteiger partial charge in [0.25, 0.3) is 0 Å². The van der Waals surface area contributed by atoms with Crippen molar-refractivity contribution in [2.24, 2.45) is 18.4 Å². The van der Waals surface area contributed by atoms with Gasteiger partial charge >= 0.3 is 0 Å². The number of aryl methyl sites for hydroxylation is 1. The molecule has 1 N–H and O–H groups in total. The van der Waals surface area contributed by atoms with Crippen molar-refractivity contribution in [3.63, 3.8) is 0 Å². The molecule has 0 radical (unpaired) electrons. The van der Waals surface area contributed by atoms with Gasteiger partial charge in [0, 0.05) is 7.05 Å². The summed E-state index contributed by atoms with van der Waals surface area (Å²) in [7, 11) is 2.00. The Labute approximate surface area is 128 Å². The molecule has 4 heteroatoms. The Morgan fingerprint density at radius 3 is 2.80 bits per heavy atom. The number of nitrogens with zero attached hydrogens (tertiary/aromatic N) is 2. The lowest BCUT2D eigenvalue weighted by Gasteiger charge is -2.43.